The molecule has 0 aromatic heterocycles. The molecule has 0 fully saturated rings. The van der Waals surface area contributed by atoms with E-state index in [9.17, 15) is 4.79 Å². The number of ether oxygens (including phenoxy) is 4. The predicted octanol–water partition coefficient (Wildman–Crippen LogP) is 4.51. The van der Waals surface area contributed by atoms with Crippen LogP contribution in [0, 0.1) is 0 Å². The molecule has 5 heteroatoms. The smallest absolute Gasteiger partial charge is 0.162 e. The summed E-state index contributed by atoms with van der Waals surface area (Å²) >= 11 is 0. The summed E-state index contributed by atoms with van der Waals surface area (Å²) in [5.74, 6) is 0.974. The monoisotopic (exact) mass is 398 g/mol. The minimum atomic E-state index is 0.164. The summed E-state index contributed by atoms with van der Waals surface area (Å²) in [7, 11) is 1.65. The van der Waals surface area contributed by atoms with Gasteiger partial charge in [-0.05, 0) is 23.3 Å². The largest absolute Gasteiger partial charge is 0.491 e. The third-order valence-electron chi connectivity index (χ3n) is 4.20. The number of hydrogen-bond acceptors (Lipinski definition) is 5. The molecule has 2 rings (SSSR count). The van der Waals surface area contributed by atoms with Crippen molar-refractivity contribution in [2.45, 2.75) is 13.3 Å². The first kappa shape index (κ1) is 22.8. The van der Waals surface area contributed by atoms with Crippen molar-refractivity contribution in [3.63, 3.8) is 0 Å². The van der Waals surface area contributed by atoms with Gasteiger partial charge in [0.25, 0.3) is 0 Å². The Morgan fingerprint density at radius 2 is 1.28 bits per heavy atom. The van der Waals surface area contributed by atoms with Crippen LogP contribution in [-0.4, -0.2) is 52.5 Å². The molecule has 0 N–H and O–H groups in total. The number of carbonyl (C=O) groups is 1. The van der Waals surface area contributed by atoms with Gasteiger partial charge in [-0.3, -0.25) is 4.79 Å². The van der Waals surface area contributed by atoms with E-state index in [4.69, 9.17) is 18.9 Å². The Hall–Kier alpha value is -2.47. The molecule has 0 aliphatic rings. The van der Waals surface area contributed by atoms with Crippen molar-refractivity contribution in [1.82, 2.24) is 0 Å². The average molecular weight is 398 g/mol. The zero-order chi connectivity index (χ0) is 20.7. The molecule has 0 atom stereocenters. The van der Waals surface area contributed by atoms with Crippen LogP contribution >= 0.6 is 0 Å². The van der Waals surface area contributed by atoms with Gasteiger partial charge in [0.05, 0.1) is 33.0 Å². The van der Waals surface area contributed by atoms with E-state index in [-0.39, 0.29) is 5.78 Å². The van der Waals surface area contributed by atoms with Gasteiger partial charge in [0.2, 0.25) is 0 Å². The lowest BCUT2D eigenvalue weighted by Crippen LogP contribution is -2.12. The van der Waals surface area contributed by atoms with Gasteiger partial charge < -0.3 is 18.9 Å². The molecule has 0 unspecified atom stereocenters. The highest BCUT2D eigenvalue weighted by Gasteiger charge is 2.01. The fourth-order valence-electron chi connectivity index (χ4n) is 2.53. The Morgan fingerprint density at radius 1 is 0.759 bits per heavy atom. The van der Waals surface area contributed by atoms with Gasteiger partial charge in [0.15, 0.2) is 5.78 Å². The van der Waals surface area contributed by atoms with Crippen molar-refractivity contribution in [1.29, 1.82) is 0 Å². The molecule has 0 heterocycles. The minimum absolute atomic E-state index is 0.164. The summed E-state index contributed by atoms with van der Waals surface area (Å²) in [5.41, 5.74) is 2.89. The van der Waals surface area contributed by atoms with Gasteiger partial charge in [-0.1, -0.05) is 55.5 Å². The van der Waals surface area contributed by atoms with Crippen LogP contribution < -0.4 is 4.74 Å². The SMILES string of the molecule is CCC(=O)c1ccc(C=Cc2ccc(OCCOCCOCCOC)cc2)cc1. The fourth-order valence-corrected chi connectivity index (χ4v) is 2.53. The molecular weight excluding hydrogens is 368 g/mol. The highest BCUT2D eigenvalue weighted by molar-refractivity contribution is 5.96. The van der Waals surface area contributed by atoms with Crippen LogP contribution in [0.15, 0.2) is 48.5 Å². The Kier molecular flexibility index (Phi) is 10.7. The standard InChI is InChI=1S/C24H30O5/c1-3-24(25)22-10-6-20(7-11-22)4-5-21-8-12-23(13-9-21)29-19-18-28-17-16-27-15-14-26-2/h4-13H,3,14-19H2,1-2H3. The number of benzene rings is 2. The van der Waals surface area contributed by atoms with Gasteiger partial charge in [0.1, 0.15) is 12.4 Å². The molecule has 156 valence electrons. The molecule has 0 saturated carbocycles. The van der Waals surface area contributed by atoms with Gasteiger partial charge in [0, 0.05) is 19.1 Å². The molecule has 0 aliphatic heterocycles. The molecule has 2 aromatic carbocycles. The number of Topliss-reactive ketones (excluding diaryl/α,β-unsaturated/α-hetero) is 1. The maximum Gasteiger partial charge on any atom is 0.162 e. The number of carbonyl (C=O) groups excluding carboxylic acids is 1. The summed E-state index contributed by atoms with van der Waals surface area (Å²) in [4.78, 5) is 11.7. The normalized spacial score (nSPS) is 11.1. The molecule has 0 spiro atoms. The lowest BCUT2D eigenvalue weighted by Gasteiger charge is -2.08. The van der Waals surface area contributed by atoms with E-state index < -0.39 is 0 Å². The Balaban J connectivity index is 1.67. The zero-order valence-corrected chi connectivity index (χ0v) is 17.3. The summed E-state index contributed by atoms with van der Waals surface area (Å²) in [5, 5.41) is 0. The zero-order valence-electron chi connectivity index (χ0n) is 17.3. The van der Waals surface area contributed by atoms with E-state index in [1.54, 1.807) is 7.11 Å². The molecule has 0 amide bonds. The van der Waals surface area contributed by atoms with Crippen molar-refractivity contribution >= 4 is 17.9 Å². The molecular formula is C24H30O5. The number of rotatable bonds is 14. The Labute approximate surface area is 173 Å². The van der Waals surface area contributed by atoms with E-state index in [0.29, 0.717) is 46.1 Å². The first-order valence-electron chi connectivity index (χ1n) is 9.91. The number of hydrogen-bond donors (Lipinski definition) is 0. The summed E-state index contributed by atoms with van der Waals surface area (Å²) in [6, 6.07) is 15.6. The summed E-state index contributed by atoms with van der Waals surface area (Å²) in [6.45, 7) is 5.17. The maximum atomic E-state index is 11.7. The van der Waals surface area contributed by atoms with Crippen molar-refractivity contribution in [2.24, 2.45) is 0 Å². The lowest BCUT2D eigenvalue weighted by molar-refractivity contribution is 0.0180. The molecule has 2 aromatic rings. The van der Waals surface area contributed by atoms with Crippen LogP contribution in [-0.2, 0) is 14.2 Å². The van der Waals surface area contributed by atoms with E-state index in [2.05, 4.69) is 0 Å². The first-order chi connectivity index (χ1) is 14.2. The highest BCUT2D eigenvalue weighted by atomic mass is 16.6. The van der Waals surface area contributed by atoms with E-state index >= 15 is 0 Å². The van der Waals surface area contributed by atoms with Gasteiger partial charge in [-0.2, -0.15) is 0 Å². The minimum Gasteiger partial charge on any atom is -0.491 e. The highest BCUT2D eigenvalue weighted by Crippen LogP contribution is 2.15. The van der Waals surface area contributed by atoms with Crippen LogP contribution in [0.4, 0.5) is 0 Å². The lowest BCUT2D eigenvalue weighted by atomic mass is 10.1. The quantitative estimate of drug-likeness (QED) is 0.266. The summed E-state index contributed by atoms with van der Waals surface area (Å²) < 4.78 is 21.3. The third-order valence-corrected chi connectivity index (χ3v) is 4.20. The fraction of sp³-hybridized carbons (Fsp3) is 0.375. The van der Waals surface area contributed by atoms with E-state index in [0.717, 1.165) is 22.4 Å². The molecule has 0 radical (unpaired) electrons. The second-order valence-corrected chi connectivity index (χ2v) is 6.37. The van der Waals surface area contributed by atoms with Gasteiger partial charge in [-0.15, -0.1) is 0 Å². The molecule has 29 heavy (non-hydrogen) atoms. The van der Waals surface area contributed by atoms with Gasteiger partial charge >= 0.3 is 0 Å². The predicted molar refractivity (Wildman–Crippen MR) is 115 cm³/mol. The van der Waals surface area contributed by atoms with E-state index in [1.807, 2.05) is 67.6 Å². The molecule has 0 bridgehead atoms. The third kappa shape index (κ3) is 9.05. The average Bonchev–Trinajstić information content (AvgIpc) is 2.77. The van der Waals surface area contributed by atoms with Crippen molar-refractivity contribution in [2.75, 3.05) is 46.8 Å². The Morgan fingerprint density at radius 3 is 1.83 bits per heavy atom. The second-order valence-electron chi connectivity index (χ2n) is 6.37. The van der Waals surface area contributed by atoms with E-state index in [1.165, 1.54) is 0 Å². The Bertz CT molecular complexity index is 735. The van der Waals surface area contributed by atoms with Crippen LogP contribution in [0.5, 0.6) is 5.75 Å². The molecule has 0 saturated heterocycles. The van der Waals surface area contributed by atoms with Crippen LogP contribution in [0.2, 0.25) is 0 Å². The van der Waals surface area contributed by atoms with Crippen LogP contribution in [0.3, 0.4) is 0 Å². The second kappa shape index (κ2) is 13.7. The van der Waals surface area contributed by atoms with Gasteiger partial charge in [-0.25, -0.2) is 0 Å². The molecule has 5 nitrogen and oxygen atoms in total. The number of methoxy groups -OCH3 is 1. The van der Waals surface area contributed by atoms with Crippen molar-refractivity contribution in [3.05, 3.63) is 65.2 Å². The van der Waals surface area contributed by atoms with Crippen LogP contribution in [0.25, 0.3) is 12.2 Å². The molecule has 0 aliphatic carbocycles. The first-order valence-corrected chi connectivity index (χ1v) is 9.91. The van der Waals surface area contributed by atoms with Crippen LogP contribution in [0.1, 0.15) is 34.8 Å². The maximum absolute atomic E-state index is 11.7. The number of ketones is 1. The summed E-state index contributed by atoms with van der Waals surface area (Å²) in [6.07, 6.45) is 4.59. The van der Waals surface area contributed by atoms with Crippen molar-refractivity contribution in [3.8, 4) is 5.75 Å². The topological polar surface area (TPSA) is 54.0 Å². The van der Waals surface area contributed by atoms with Crippen molar-refractivity contribution < 1.29 is 23.7 Å².